The highest BCUT2D eigenvalue weighted by Crippen LogP contribution is 2.23. The monoisotopic (exact) mass is 343 g/mol. The topological polar surface area (TPSA) is 91.2 Å². The second-order valence-electron chi connectivity index (χ2n) is 6.26. The van der Waals surface area contributed by atoms with Gasteiger partial charge in [0, 0.05) is 37.9 Å². The highest BCUT2D eigenvalue weighted by molar-refractivity contribution is 5.82. The summed E-state index contributed by atoms with van der Waals surface area (Å²) in [6, 6.07) is 6.86. The van der Waals surface area contributed by atoms with Gasteiger partial charge < -0.3 is 15.0 Å². The van der Waals surface area contributed by atoms with E-state index >= 15 is 0 Å². The van der Waals surface area contributed by atoms with Crippen molar-refractivity contribution in [2.24, 2.45) is 0 Å². The van der Waals surface area contributed by atoms with Gasteiger partial charge in [0.2, 0.25) is 5.91 Å². The fourth-order valence-corrected chi connectivity index (χ4v) is 3.10. The summed E-state index contributed by atoms with van der Waals surface area (Å²) in [6.07, 6.45) is 6.25. The number of amides is 1. The molecule has 1 fully saturated rings. The number of benzene rings is 1. The van der Waals surface area contributed by atoms with Gasteiger partial charge in [0.1, 0.15) is 17.6 Å². The highest BCUT2D eigenvalue weighted by atomic mass is 16.3. The van der Waals surface area contributed by atoms with Gasteiger partial charge in [-0.05, 0) is 30.5 Å². The molecule has 2 unspecified atom stereocenters. The van der Waals surface area contributed by atoms with E-state index in [4.69, 9.17) is 0 Å². The predicted molar refractivity (Wildman–Crippen MR) is 94.8 cm³/mol. The van der Waals surface area contributed by atoms with Crippen LogP contribution in [0.15, 0.2) is 36.7 Å². The molecule has 1 aliphatic heterocycles. The molecule has 0 spiro atoms. The predicted octanol–water partition coefficient (Wildman–Crippen LogP) is 1.27. The number of carbonyl (C=O) groups excluding carboxylic acids is 1. The summed E-state index contributed by atoms with van der Waals surface area (Å²) in [6.45, 7) is 3.59. The average Bonchev–Trinajstić information content (AvgIpc) is 3.28. The largest absolute Gasteiger partial charge is 0.508 e. The van der Waals surface area contributed by atoms with Crippen molar-refractivity contribution in [3.8, 4) is 5.75 Å². The lowest BCUT2D eigenvalue weighted by Gasteiger charge is -2.11. The van der Waals surface area contributed by atoms with Gasteiger partial charge in [-0.15, -0.1) is 0 Å². The molecule has 1 aliphatic rings. The van der Waals surface area contributed by atoms with E-state index in [1.165, 1.54) is 0 Å². The van der Waals surface area contributed by atoms with Crippen LogP contribution in [0.4, 0.5) is 0 Å². The number of phenolic OH excluding ortho intramolecular Hbond substituents is 1. The number of imidazole rings is 1. The molecule has 1 aromatic carbocycles. The maximum Gasteiger partial charge on any atom is 0.238 e. The van der Waals surface area contributed by atoms with Crippen molar-refractivity contribution in [3.63, 3.8) is 0 Å². The number of aryl methyl sites for hydroxylation is 2. The van der Waals surface area contributed by atoms with Crippen molar-refractivity contribution in [1.82, 2.24) is 25.7 Å². The lowest BCUT2D eigenvalue weighted by Crippen LogP contribution is -2.43. The van der Waals surface area contributed by atoms with Crippen LogP contribution in [-0.2, 0) is 17.8 Å². The zero-order valence-corrected chi connectivity index (χ0v) is 14.4. The Morgan fingerprint density at radius 2 is 2.16 bits per heavy atom. The van der Waals surface area contributed by atoms with Crippen molar-refractivity contribution in [2.45, 2.75) is 44.8 Å². The number of aromatic nitrogens is 2. The number of hydrogen-bond donors (Lipinski definition) is 4. The molecule has 3 rings (SSSR count). The molecule has 7 heteroatoms. The maximum atomic E-state index is 12.3. The molecule has 1 amide bonds. The number of phenols is 1. The van der Waals surface area contributed by atoms with E-state index in [2.05, 4.69) is 32.6 Å². The lowest BCUT2D eigenvalue weighted by molar-refractivity contribution is -0.122. The Balaban J connectivity index is 1.41. The number of nitrogens with one attached hydrogen (secondary N) is 3. The molecule has 2 aromatic rings. The molecule has 2 heterocycles. The maximum absolute atomic E-state index is 12.3. The number of carbonyl (C=O) groups is 1. The molecule has 134 valence electrons. The first-order valence-corrected chi connectivity index (χ1v) is 8.75. The minimum Gasteiger partial charge on any atom is -0.508 e. The second kappa shape index (κ2) is 8.13. The van der Waals surface area contributed by atoms with Crippen molar-refractivity contribution in [1.29, 1.82) is 0 Å². The quantitative estimate of drug-likeness (QED) is 0.568. The van der Waals surface area contributed by atoms with Gasteiger partial charge in [-0.25, -0.2) is 15.8 Å². The van der Waals surface area contributed by atoms with Crippen molar-refractivity contribution in [3.05, 3.63) is 48.0 Å². The normalized spacial score (nSPS) is 19.9. The van der Waals surface area contributed by atoms with Crippen LogP contribution in [0, 0.1) is 0 Å². The summed E-state index contributed by atoms with van der Waals surface area (Å²) in [5.74, 6) is 1.33. The smallest absolute Gasteiger partial charge is 0.238 e. The Kier molecular flexibility index (Phi) is 5.67. The number of nitrogens with zero attached hydrogens (tertiary/aromatic N) is 2. The highest BCUT2D eigenvalue weighted by Gasteiger charge is 2.29. The van der Waals surface area contributed by atoms with E-state index in [1.54, 1.807) is 12.1 Å². The van der Waals surface area contributed by atoms with Crippen LogP contribution in [0.3, 0.4) is 0 Å². The first-order chi connectivity index (χ1) is 12.2. The van der Waals surface area contributed by atoms with E-state index in [0.29, 0.717) is 13.0 Å². The Morgan fingerprint density at radius 3 is 2.92 bits per heavy atom. The molecule has 4 N–H and O–H groups in total. The van der Waals surface area contributed by atoms with Crippen molar-refractivity contribution >= 4 is 5.91 Å². The number of hydrazine groups is 1. The number of rotatable bonds is 7. The second-order valence-corrected chi connectivity index (χ2v) is 6.26. The fourth-order valence-electron chi connectivity index (χ4n) is 3.10. The molecule has 0 aliphatic carbocycles. The van der Waals surface area contributed by atoms with Crippen molar-refractivity contribution < 1.29 is 9.90 Å². The third kappa shape index (κ3) is 4.37. The Morgan fingerprint density at radius 1 is 1.36 bits per heavy atom. The molecule has 7 nitrogen and oxygen atoms in total. The van der Waals surface area contributed by atoms with Crippen LogP contribution in [0.25, 0.3) is 0 Å². The van der Waals surface area contributed by atoms with Gasteiger partial charge in [0.25, 0.3) is 0 Å². The molecule has 1 aromatic heterocycles. The van der Waals surface area contributed by atoms with Gasteiger partial charge in [0.05, 0.1) is 0 Å². The van der Waals surface area contributed by atoms with Gasteiger partial charge in [-0.1, -0.05) is 19.1 Å². The van der Waals surface area contributed by atoms with Crippen molar-refractivity contribution in [2.75, 3.05) is 6.54 Å². The lowest BCUT2D eigenvalue weighted by atomic mass is 10.0. The van der Waals surface area contributed by atoms with Crippen LogP contribution in [0.1, 0.15) is 37.2 Å². The van der Waals surface area contributed by atoms with Gasteiger partial charge in [-0.3, -0.25) is 4.79 Å². The van der Waals surface area contributed by atoms with Gasteiger partial charge >= 0.3 is 0 Å². The van der Waals surface area contributed by atoms with E-state index in [-0.39, 0.29) is 23.7 Å². The number of hydrogen-bond acceptors (Lipinski definition) is 5. The third-order valence-corrected chi connectivity index (χ3v) is 4.51. The standard InChI is InChI=1S/C18H25N5O2/c1-2-17-19-9-11-23(17)10-3-8-20-18(25)16-12-15(21-22-16)13-4-6-14(24)7-5-13/h4-7,9,11,15-16,21-22,24H,2-3,8,10,12H2,1H3,(H,20,25). The van der Waals surface area contributed by atoms with Gasteiger partial charge in [-0.2, -0.15) is 0 Å². The molecular weight excluding hydrogens is 318 g/mol. The summed E-state index contributed by atoms with van der Waals surface area (Å²) in [7, 11) is 0. The summed E-state index contributed by atoms with van der Waals surface area (Å²) < 4.78 is 2.13. The van der Waals surface area contributed by atoms with Crippen LogP contribution < -0.4 is 16.2 Å². The minimum absolute atomic E-state index is 0.00937. The summed E-state index contributed by atoms with van der Waals surface area (Å²) in [5, 5.41) is 12.3. The molecule has 0 bridgehead atoms. The first-order valence-electron chi connectivity index (χ1n) is 8.75. The summed E-state index contributed by atoms with van der Waals surface area (Å²) >= 11 is 0. The summed E-state index contributed by atoms with van der Waals surface area (Å²) in [4.78, 5) is 16.6. The zero-order chi connectivity index (χ0) is 17.6. The van der Waals surface area contributed by atoms with E-state index in [9.17, 15) is 9.90 Å². The molecule has 1 saturated heterocycles. The summed E-state index contributed by atoms with van der Waals surface area (Å²) in [5.41, 5.74) is 7.25. The third-order valence-electron chi connectivity index (χ3n) is 4.51. The van der Waals surface area contributed by atoms with Crippen LogP contribution in [0.5, 0.6) is 5.75 Å². The molecule has 25 heavy (non-hydrogen) atoms. The molecule has 0 radical (unpaired) electrons. The Labute approximate surface area is 147 Å². The van der Waals surface area contributed by atoms with Crippen LogP contribution >= 0.6 is 0 Å². The molecular formula is C18H25N5O2. The molecule has 2 atom stereocenters. The minimum atomic E-state index is -0.252. The van der Waals surface area contributed by atoms with E-state index in [1.807, 2.05) is 24.5 Å². The average molecular weight is 343 g/mol. The fraction of sp³-hybridized carbons (Fsp3) is 0.444. The first kappa shape index (κ1) is 17.4. The van der Waals surface area contributed by atoms with Gasteiger partial charge in [0.15, 0.2) is 0 Å². The van der Waals surface area contributed by atoms with Crippen LogP contribution in [-0.4, -0.2) is 33.2 Å². The zero-order valence-electron chi connectivity index (χ0n) is 14.4. The molecule has 0 saturated carbocycles. The van der Waals surface area contributed by atoms with E-state index < -0.39 is 0 Å². The Bertz CT molecular complexity index is 698. The SMILES string of the molecule is CCc1nccn1CCCNC(=O)C1CC(c2ccc(O)cc2)NN1. The van der Waals surface area contributed by atoms with E-state index in [0.717, 1.165) is 30.8 Å². The number of aromatic hydroxyl groups is 1. The van der Waals surface area contributed by atoms with Crippen LogP contribution in [0.2, 0.25) is 0 Å². The Hall–Kier alpha value is -2.38.